The van der Waals surface area contributed by atoms with Crippen LogP contribution >= 0.6 is 11.3 Å². The maximum absolute atomic E-state index is 13.0. The number of nitrogens with zero attached hydrogens (tertiary/aromatic N) is 1. The van der Waals surface area contributed by atoms with Crippen LogP contribution < -0.4 is 5.32 Å². The molecule has 11 heteroatoms. The highest BCUT2D eigenvalue weighted by atomic mass is 32.2. The van der Waals surface area contributed by atoms with Gasteiger partial charge in [-0.3, -0.25) is 4.79 Å². The number of sulfonamides is 1. The lowest BCUT2D eigenvalue weighted by Gasteiger charge is -2.26. The molecule has 0 bridgehead atoms. The molecule has 32 heavy (non-hydrogen) atoms. The number of piperidine rings is 1. The van der Waals surface area contributed by atoms with Crippen molar-refractivity contribution in [1.82, 2.24) is 4.31 Å². The Balaban J connectivity index is 1.67. The molecule has 1 aromatic heterocycles. The van der Waals surface area contributed by atoms with Gasteiger partial charge >= 0.3 is 11.9 Å². The number of methoxy groups -OCH3 is 1. The van der Waals surface area contributed by atoms with E-state index in [1.54, 1.807) is 18.4 Å². The number of benzene rings is 1. The summed E-state index contributed by atoms with van der Waals surface area (Å²) in [6.45, 7) is 1.97. The van der Waals surface area contributed by atoms with Gasteiger partial charge in [-0.05, 0) is 48.9 Å². The van der Waals surface area contributed by atoms with Crippen LogP contribution in [0.25, 0.3) is 0 Å². The molecule has 1 aliphatic rings. The molecule has 1 amide bonds. The molecular weight excluding hydrogens is 456 g/mol. The van der Waals surface area contributed by atoms with Crippen molar-refractivity contribution in [3.8, 4) is 0 Å². The summed E-state index contributed by atoms with van der Waals surface area (Å²) in [7, 11) is -2.49. The molecular formula is C21H24N2O7S2. The van der Waals surface area contributed by atoms with Gasteiger partial charge in [0.25, 0.3) is 5.91 Å². The Labute approximate surface area is 190 Å². The largest absolute Gasteiger partial charge is 0.465 e. The molecule has 9 nitrogen and oxygen atoms in total. The van der Waals surface area contributed by atoms with E-state index in [2.05, 4.69) is 10.1 Å². The smallest absolute Gasteiger partial charge is 0.350 e. The number of carbonyl (C=O) groups excluding carboxylic acids is 3. The number of amides is 1. The van der Waals surface area contributed by atoms with Crippen LogP contribution in [0.1, 0.15) is 44.9 Å². The van der Waals surface area contributed by atoms with E-state index in [0.29, 0.717) is 18.7 Å². The molecule has 1 aliphatic heterocycles. The second-order valence-electron chi connectivity index (χ2n) is 7.22. The first kappa shape index (κ1) is 23.9. The highest BCUT2D eigenvalue weighted by Gasteiger charge is 2.28. The molecule has 0 spiro atoms. The average Bonchev–Trinajstić information content (AvgIpc) is 3.25. The number of carbonyl (C=O) groups is 3. The van der Waals surface area contributed by atoms with Crippen molar-refractivity contribution in [2.75, 3.05) is 32.1 Å². The summed E-state index contributed by atoms with van der Waals surface area (Å²) in [5, 5.41) is 4.11. The van der Waals surface area contributed by atoms with Crippen LogP contribution in [-0.4, -0.2) is 57.4 Å². The number of rotatable bonds is 7. The Hall–Kier alpha value is -2.76. The molecule has 1 saturated heterocycles. The summed E-state index contributed by atoms with van der Waals surface area (Å²) in [6, 6.07) is 5.82. The molecule has 0 aliphatic carbocycles. The third-order valence-electron chi connectivity index (χ3n) is 5.00. The Morgan fingerprint density at radius 2 is 1.81 bits per heavy atom. The molecule has 1 aromatic carbocycles. The zero-order valence-corrected chi connectivity index (χ0v) is 19.4. The first-order chi connectivity index (χ1) is 15.2. The summed E-state index contributed by atoms with van der Waals surface area (Å²) in [6.07, 6.45) is 2.60. The maximum Gasteiger partial charge on any atom is 0.350 e. The van der Waals surface area contributed by atoms with Crippen molar-refractivity contribution >= 4 is 44.9 Å². The van der Waals surface area contributed by atoms with Gasteiger partial charge in [-0.2, -0.15) is 4.31 Å². The number of thiophene rings is 1. The van der Waals surface area contributed by atoms with E-state index in [9.17, 15) is 22.8 Å². The third kappa shape index (κ3) is 5.34. The van der Waals surface area contributed by atoms with E-state index in [1.807, 2.05) is 0 Å². The van der Waals surface area contributed by atoms with Crippen LogP contribution in [0.2, 0.25) is 0 Å². The number of anilines is 1. The van der Waals surface area contributed by atoms with Crippen LogP contribution in [0.15, 0.2) is 34.5 Å². The van der Waals surface area contributed by atoms with Gasteiger partial charge in [-0.1, -0.05) is 12.5 Å². The van der Waals surface area contributed by atoms with Crippen molar-refractivity contribution < 1.29 is 32.3 Å². The molecule has 2 aromatic rings. The van der Waals surface area contributed by atoms with Crippen molar-refractivity contribution in [3.05, 3.63) is 45.6 Å². The molecule has 172 valence electrons. The van der Waals surface area contributed by atoms with Crippen molar-refractivity contribution in [2.45, 2.75) is 31.1 Å². The molecule has 0 saturated carbocycles. The number of esters is 2. The normalized spacial score (nSPS) is 14.6. The molecule has 0 radical (unpaired) electrons. The summed E-state index contributed by atoms with van der Waals surface area (Å²) < 4.78 is 37.1. The highest BCUT2D eigenvalue weighted by molar-refractivity contribution is 7.89. The van der Waals surface area contributed by atoms with Gasteiger partial charge < -0.3 is 14.8 Å². The Morgan fingerprint density at radius 3 is 2.50 bits per heavy atom. The van der Waals surface area contributed by atoms with Gasteiger partial charge in [0.15, 0.2) is 6.61 Å². The highest BCUT2D eigenvalue weighted by Crippen LogP contribution is 2.25. The fraction of sp³-hybridized carbons (Fsp3) is 0.381. The summed E-state index contributed by atoms with van der Waals surface area (Å²) in [4.78, 5) is 36.6. The fourth-order valence-corrected chi connectivity index (χ4v) is 5.84. The maximum atomic E-state index is 13.0. The standard InChI is InChI=1S/C21H24N2O7S2/c1-14-6-7-15(12-17(14)32(27,28)23-9-4-3-5-10-23)20(25)30-13-18(24)22-16-8-11-31-19(16)21(26)29-2/h6-8,11-12H,3-5,9-10,13H2,1-2H3,(H,22,24). The second-order valence-corrected chi connectivity index (χ2v) is 10.0. The SMILES string of the molecule is COC(=O)c1sccc1NC(=O)COC(=O)c1ccc(C)c(S(=O)(=O)N2CCCCC2)c1. The molecule has 0 atom stereocenters. The van der Waals surface area contributed by atoms with E-state index in [1.165, 1.54) is 29.6 Å². The topological polar surface area (TPSA) is 119 Å². The van der Waals surface area contributed by atoms with Gasteiger partial charge in [-0.25, -0.2) is 18.0 Å². The third-order valence-corrected chi connectivity index (χ3v) is 7.94. The fourth-order valence-electron chi connectivity index (χ4n) is 3.31. The van der Waals surface area contributed by atoms with Gasteiger partial charge in [0.1, 0.15) is 4.88 Å². The first-order valence-electron chi connectivity index (χ1n) is 9.97. The monoisotopic (exact) mass is 480 g/mol. The summed E-state index contributed by atoms with van der Waals surface area (Å²) in [5.41, 5.74) is 0.815. The van der Waals surface area contributed by atoms with E-state index < -0.39 is 34.5 Å². The van der Waals surface area contributed by atoms with E-state index in [4.69, 9.17) is 4.74 Å². The number of ether oxygens (including phenoxy) is 2. The first-order valence-corrected chi connectivity index (χ1v) is 12.3. The zero-order chi connectivity index (χ0) is 23.3. The van der Waals surface area contributed by atoms with Gasteiger partial charge in [0, 0.05) is 13.1 Å². The minimum Gasteiger partial charge on any atom is -0.465 e. The van der Waals surface area contributed by atoms with Crippen LogP contribution in [0.4, 0.5) is 5.69 Å². The number of hydrogen-bond acceptors (Lipinski definition) is 8. The van der Waals surface area contributed by atoms with Crippen LogP contribution in [0.3, 0.4) is 0 Å². The minimum atomic E-state index is -3.73. The van der Waals surface area contributed by atoms with Crippen LogP contribution in [0.5, 0.6) is 0 Å². The van der Waals surface area contributed by atoms with Crippen LogP contribution in [-0.2, 0) is 24.3 Å². The summed E-state index contributed by atoms with van der Waals surface area (Å²) in [5.74, 6) is -2.06. The van der Waals surface area contributed by atoms with Crippen molar-refractivity contribution in [3.63, 3.8) is 0 Å². The molecule has 0 unspecified atom stereocenters. The van der Waals surface area contributed by atoms with Crippen molar-refractivity contribution in [1.29, 1.82) is 0 Å². The lowest BCUT2D eigenvalue weighted by Crippen LogP contribution is -2.36. The molecule has 3 rings (SSSR count). The second kappa shape index (κ2) is 10.2. The lowest BCUT2D eigenvalue weighted by atomic mass is 10.1. The minimum absolute atomic E-state index is 0.0322. The molecule has 1 fully saturated rings. The van der Waals surface area contributed by atoms with Crippen molar-refractivity contribution in [2.24, 2.45) is 0 Å². The number of aryl methyl sites for hydroxylation is 1. The van der Waals surface area contributed by atoms with E-state index in [-0.39, 0.29) is 21.0 Å². The molecule has 1 N–H and O–H groups in total. The quantitative estimate of drug-likeness (QED) is 0.605. The van der Waals surface area contributed by atoms with Crippen LogP contribution in [0, 0.1) is 6.92 Å². The predicted octanol–water partition coefficient (Wildman–Crippen LogP) is 2.81. The average molecular weight is 481 g/mol. The summed E-state index contributed by atoms with van der Waals surface area (Å²) >= 11 is 1.10. The number of nitrogens with one attached hydrogen (secondary N) is 1. The van der Waals surface area contributed by atoms with E-state index in [0.717, 1.165) is 30.6 Å². The van der Waals surface area contributed by atoms with E-state index >= 15 is 0 Å². The van der Waals surface area contributed by atoms with Gasteiger partial charge in [0.05, 0.1) is 23.3 Å². The van der Waals surface area contributed by atoms with Gasteiger partial charge in [-0.15, -0.1) is 11.3 Å². The Bertz CT molecular complexity index is 1120. The Morgan fingerprint density at radius 1 is 1.09 bits per heavy atom. The zero-order valence-electron chi connectivity index (χ0n) is 17.8. The Kier molecular flexibility index (Phi) is 7.64. The molecule has 2 heterocycles. The predicted molar refractivity (Wildman–Crippen MR) is 118 cm³/mol. The van der Waals surface area contributed by atoms with Gasteiger partial charge in [0.2, 0.25) is 10.0 Å². The number of hydrogen-bond donors (Lipinski definition) is 1. The lowest BCUT2D eigenvalue weighted by molar-refractivity contribution is -0.119.